The molecular formula is C10H11NO2S. The van der Waals surface area contributed by atoms with E-state index in [9.17, 15) is 9.00 Å². The van der Waals surface area contributed by atoms with Gasteiger partial charge in [0.15, 0.2) is 11.0 Å². The van der Waals surface area contributed by atoms with E-state index in [1.54, 1.807) is 12.1 Å². The molecule has 1 amide bonds. The van der Waals surface area contributed by atoms with Crippen LogP contribution in [0.25, 0.3) is 0 Å². The van der Waals surface area contributed by atoms with Gasteiger partial charge in [0, 0.05) is 0 Å². The lowest BCUT2D eigenvalue weighted by atomic mass is 10.2. The number of carbonyl (C=O) groups is 1. The fourth-order valence-corrected chi connectivity index (χ4v) is 1.62. The van der Waals surface area contributed by atoms with Gasteiger partial charge in [-0.1, -0.05) is 24.3 Å². The number of hydrogen-bond donors (Lipinski definition) is 1. The number of benzene rings is 1. The molecule has 0 spiro atoms. The lowest BCUT2D eigenvalue weighted by molar-refractivity contribution is -0.114. The van der Waals surface area contributed by atoms with E-state index < -0.39 is 16.9 Å². The van der Waals surface area contributed by atoms with Gasteiger partial charge in [0.1, 0.15) is 0 Å². The summed E-state index contributed by atoms with van der Waals surface area (Å²) in [6, 6.07) is 7.12. The van der Waals surface area contributed by atoms with Crippen LogP contribution in [-0.4, -0.2) is 10.1 Å². The van der Waals surface area contributed by atoms with Gasteiger partial charge in [-0.3, -0.25) is 9.52 Å². The van der Waals surface area contributed by atoms with E-state index in [4.69, 9.17) is 0 Å². The molecule has 1 atom stereocenters. The summed E-state index contributed by atoms with van der Waals surface area (Å²) in [6.07, 6.45) is 1.09. The van der Waals surface area contributed by atoms with Crippen molar-refractivity contribution < 1.29 is 9.00 Å². The Kier molecular flexibility index (Phi) is 3.59. The fourth-order valence-electron chi connectivity index (χ4n) is 0.854. The normalized spacial score (nSPS) is 11.8. The van der Waals surface area contributed by atoms with Gasteiger partial charge >= 0.3 is 0 Å². The smallest absolute Gasteiger partial charge is 0.255 e. The zero-order chi connectivity index (χ0) is 10.6. The summed E-state index contributed by atoms with van der Waals surface area (Å²) >= 11 is 0. The molecule has 3 nitrogen and oxygen atoms in total. The first-order valence-corrected chi connectivity index (χ1v) is 5.20. The third kappa shape index (κ3) is 2.81. The van der Waals surface area contributed by atoms with Crippen molar-refractivity contribution in [2.75, 3.05) is 0 Å². The summed E-state index contributed by atoms with van der Waals surface area (Å²) in [5.74, 6) is -0.441. The van der Waals surface area contributed by atoms with E-state index in [0.717, 1.165) is 11.6 Å². The van der Waals surface area contributed by atoms with E-state index in [1.807, 2.05) is 19.1 Å². The van der Waals surface area contributed by atoms with E-state index in [-0.39, 0.29) is 0 Å². The molecule has 0 heterocycles. The molecule has 0 aliphatic carbocycles. The van der Waals surface area contributed by atoms with Crippen molar-refractivity contribution in [1.82, 2.24) is 4.72 Å². The predicted molar refractivity (Wildman–Crippen MR) is 55.9 cm³/mol. The number of rotatable bonds is 3. The first-order chi connectivity index (χ1) is 6.63. The topological polar surface area (TPSA) is 46.2 Å². The van der Waals surface area contributed by atoms with Crippen molar-refractivity contribution in [1.29, 1.82) is 0 Å². The van der Waals surface area contributed by atoms with Gasteiger partial charge in [-0.15, -0.1) is 0 Å². The summed E-state index contributed by atoms with van der Waals surface area (Å²) in [4.78, 5) is 11.4. The number of hydrogen-bond acceptors (Lipinski definition) is 2. The predicted octanol–water partition coefficient (Wildman–Crippen LogP) is 1.32. The number of aryl methyl sites for hydroxylation is 1. The highest BCUT2D eigenvalue weighted by atomic mass is 32.2. The Morgan fingerprint density at radius 1 is 1.43 bits per heavy atom. The van der Waals surface area contributed by atoms with Crippen molar-refractivity contribution in [3.63, 3.8) is 0 Å². The molecule has 74 valence electrons. The van der Waals surface area contributed by atoms with Crippen LogP contribution >= 0.6 is 0 Å². The summed E-state index contributed by atoms with van der Waals surface area (Å²) in [6.45, 7) is 5.21. The monoisotopic (exact) mass is 209 g/mol. The fraction of sp³-hybridized carbons (Fsp3) is 0.100. The standard InChI is InChI=1S/C10H11NO2S/c1-3-10(12)11-14(13)9-6-4-8(2)5-7-9/h3-7H,1H2,2H3,(H,11,12)/t14-/m0/s1. The molecule has 1 rings (SSSR count). The van der Waals surface area contributed by atoms with E-state index in [0.29, 0.717) is 4.90 Å². The van der Waals surface area contributed by atoms with Crippen LogP contribution in [0.2, 0.25) is 0 Å². The number of amides is 1. The lowest BCUT2D eigenvalue weighted by Crippen LogP contribution is -2.23. The minimum atomic E-state index is -1.49. The highest BCUT2D eigenvalue weighted by molar-refractivity contribution is 7.83. The number of carbonyl (C=O) groups excluding carboxylic acids is 1. The van der Waals surface area contributed by atoms with E-state index >= 15 is 0 Å². The lowest BCUT2D eigenvalue weighted by Gasteiger charge is -2.02. The molecule has 0 radical (unpaired) electrons. The SMILES string of the molecule is C=CC(=O)N[S@@](=O)c1ccc(C)cc1. The Labute approximate surface area is 85.4 Å². The molecule has 0 aromatic heterocycles. The van der Waals surface area contributed by atoms with Crippen molar-refractivity contribution in [2.24, 2.45) is 0 Å². The molecule has 14 heavy (non-hydrogen) atoms. The summed E-state index contributed by atoms with van der Waals surface area (Å²) in [7, 11) is -1.49. The second kappa shape index (κ2) is 4.72. The summed E-state index contributed by atoms with van der Waals surface area (Å²) < 4.78 is 13.7. The van der Waals surface area contributed by atoms with Crippen LogP contribution in [0.15, 0.2) is 41.8 Å². The van der Waals surface area contributed by atoms with E-state index in [2.05, 4.69) is 11.3 Å². The molecule has 1 N–H and O–H groups in total. The van der Waals surface area contributed by atoms with Crippen LogP contribution in [0.4, 0.5) is 0 Å². The quantitative estimate of drug-likeness (QED) is 0.763. The van der Waals surface area contributed by atoms with Crippen molar-refractivity contribution in [3.05, 3.63) is 42.5 Å². The highest BCUT2D eigenvalue weighted by Crippen LogP contribution is 2.06. The molecule has 0 saturated heterocycles. The van der Waals surface area contributed by atoms with Gasteiger partial charge in [-0.2, -0.15) is 0 Å². The van der Waals surface area contributed by atoms with Crippen LogP contribution in [0.3, 0.4) is 0 Å². The summed E-state index contributed by atoms with van der Waals surface area (Å²) in [5, 5.41) is 0. The average molecular weight is 209 g/mol. The molecule has 0 saturated carbocycles. The summed E-state index contributed by atoms with van der Waals surface area (Å²) in [5.41, 5.74) is 1.08. The first kappa shape index (κ1) is 10.7. The zero-order valence-corrected chi connectivity index (χ0v) is 8.64. The minimum absolute atomic E-state index is 0.441. The van der Waals surface area contributed by atoms with Gasteiger partial charge in [0.2, 0.25) is 0 Å². The highest BCUT2D eigenvalue weighted by Gasteiger charge is 2.04. The van der Waals surface area contributed by atoms with Crippen LogP contribution in [0, 0.1) is 6.92 Å². The maximum Gasteiger partial charge on any atom is 0.255 e. The molecule has 1 aromatic carbocycles. The first-order valence-electron chi connectivity index (χ1n) is 4.05. The second-order valence-electron chi connectivity index (χ2n) is 2.75. The third-order valence-electron chi connectivity index (χ3n) is 1.61. The number of nitrogens with one attached hydrogen (secondary N) is 1. The molecule has 0 bridgehead atoms. The van der Waals surface area contributed by atoms with E-state index in [1.165, 1.54) is 0 Å². The Hall–Kier alpha value is -1.42. The van der Waals surface area contributed by atoms with Crippen molar-refractivity contribution in [3.8, 4) is 0 Å². The second-order valence-corrected chi connectivity index (χ2v) is 3.97. The molecule has 0 fully saturated rings. The van der Waals surface area contributed by atoms with Gasteiger partial charge in [-0.25, -0.2) is 4.21 Å². The van der Waals surface area contributed by atoms with Gasteiger partial charge < -0.3 is 0 Å². The van der Waals surface area contributed by atoms with Gasteiger partial charge in [-0.05, 0) is 25.1 Å². The van der Waals surface area contributed by atoms with Crippen LogP contribution < -0.4 is 4.72 Å². The molecule has 4 heteroatoms. The van der Waals surface area contributed by atoms with Gasteiger partial charge in [0.05, 0.1) is 4.90 Å². The van der Waals surface area contributed by atoms with Crippen molar-refractivity contribution in [2.45, 2.75) is 11.8 Å². The Morgan fingerprint density at radius 3 is 2.50 bits per heavy atom. The van der Waals surface area contributed by atoms with Crippen LogP contribution in [0.1, 0.15) is 5.56 Å². The molecule has 0 unspecified atom stereocenters. The zero-order valence-electron chi connectivity index (χ0n) is 7.82. The Morgan fingerprint density at radius 2 is 2.00 bits per heavy atom. The molecule has 1 aromatic rings. The maximum atomic E-state index is 11.5. The largest absolute Gasteiger partial charge is 0.269 e. The Balaban J connectivity index is 2.75. The van der Waals surface area contributed by atoms with Crippen LogP contribution in [-0.2, 0) is 15.8 Å². The molecular weight excluding hydrogens is 198 g/mol. The molecule has 0 aliphatic heterocycles. The third-order valence-corrected chi connectivity index (χ3v) is 2.70. The van der Waals surface area contributed by atoms with Crippen molar-refractivity contribution >= 4 is 16.9 Å². The van der Waals surface area contributed by atoms with Gasteiger partial charge in [0.25, 0.3) is 5.91 Å². The molecule has 0 aliphatic rings. The average Bonchev–Trinajstić information content (AvgIpc) is 2.18. The minimum Gasteiger partial charge on any atom is -0.269 e. The van der Waals surface area contributed by atoms with Crippen LogP contribution in [0.5, 0.6) is 0 Å². The maximum absolute atomic E-state index is 11.5. The Bertz CT molecular complexity index is 370.